The molecule has 2 rings (SSSR count). The minimum Gasteiger partial charge on any atom is -0.364 e. The summed E-state index contributed by atoms with van der Waals surface area (Å²) in [4.78, 5) is 12.0. The number of rotatable bonds is 3. The Balaban J connectivity index is 1.82. The fourth-order valence-electron chi connectivity index (χ4n) is 2.92. The fraction of sp³-hybridized carbons (Fsp3) is 0.923. The summed E-state index contributed by atoms with van der Waals surface area (Å²) in [7, 11) is 0. The van der Waals surface area contributed by atoms with Crippen molar-refractivity contribution in [1.82, 2.24) is 5.32 Å². The monoisotopic (exact) mass is 240 g/mol. The summed E-state index contributed by atoms with van der Waals surface area (Å²) in [6, 6.07) is 0.332. The van der Waals surface area contributed by atoms with Crippen LogP contribution in [0.2, 0.25) is 0 Å². The number of nitrogens with one attached hydrogen (secondary N) is 1. The summed E-state index contributed by atoms with van der Waals surface area (Å²) in [6.07, 6.45) is 3.83. The van der Waals surface area contributed by atoms with Crippen LogP contribution in [0.3, 0.4) is 0 Å². The van der Waals surface area contributed by atoms with Gasteiger partial charge < -0.3 is 15.8 Å². The first-order valence-electron chi connectivity index (χ1n) is 6.77. The minimum atomic E-state index is -0.272. The second-order valence-electron chi connectivity index (χ2n) is 5.59. The molecule has 4 heteroatoms. The molecule has 1 saturated heterocycles. The molecule has 1 saturated carbocycles. The molecule has 1 heterocycles. The zero-order valence-corrected chi connectivity index (χ0v) is 10.8. The van der Waals surface area contributed by atoms with E-state index in [4.69, 9.17) is 10.5 Å². The smallest absolute Gasteiger partial charge is 0.249 e. The van der Waals surface area contributed by atoms with Crippen LogP contribution in [-0.4, -0.2) is 30.7 Å². The van der Waals surface area contributed by atoms with Gasteiger partial charge in [-0.3, -0.25) is 4.79 Å². The van der Waals surface area contributed by atoms with E-state index in [1.807, 2.05) is 0 Å². The van der Waals surface area contributed by atoms with E-state index in [-0.39, 0.29) is 18.1 Å². The number of hydrogen-bond acceptors (Lipinski definition) is 3. The van der Waals surface area contributed by atoms with Crippen LogP contribution in [0.5, 0.6) is 0 Å². The Morgan fingerprint density at radius 3 is 2.59 bits per heavy atom. The number of carbonyl (C=O) groups is 1. The molecule has 0 radical (unpaired) electrons. The van der Waals surface area contributed by atoms with Crippen molar-refractivity contribution in [3.8, 4) is 0 Å². The van der Waals surface area contributed by atoms with Gasteiger partial charge in [0.25, 0.3) is 0 Å². The predicted octanol–water partition coefficient (Wildman–Crippen LogP) is 1.04. The average molecular weight is 240 g/mol. The highest BCUT2D eigenvalue weighted by Gasteiger charge is 2.35. The molecule has 0 spiro atoms. The summed E-state index contributed by atoms with van der Waals surface area (Å²) in [5.74, 6) is 1.35. The average Bonchev–Trinajstić information content (AvgIpc) is 2.91. The summed E-state index contributed by atoms with van der Waals surface area (Å²) in [5, 5.41) is 3.14. The lowest BCUT2D eigenvalue weighted by Crippen LogP contribution is -2.43. The van der Waals surface area contributed by atoms with Crippen molar-refractivity contribution in [1.29, 1.82) is 0 Å². The normalized spacial score (nSPS) is 41.7. The molecule has 2 aliphatic rings. The van der Waals surface area contributed by atoms with Gasteiger partial charge in [-0.25, -0.2) is 0 Å². The maximum Gasteiger partial charge on any atom is 0.249 e. The van der Waals surface area contributed by atoms with Gasteiger partial charge in [0.05, 0.1) is 6.10 Å². The van der Waals surface area contributed by atoms with Crippen LogP contribution in [0.1, 0.15) is 39.5 Å². The van der Waals surface area contributed by atoms with E-state index in [1.165, 1.54) is 6.42 Å². The molecule has 1 aliphatic heterocycles. The number of nitrogens with two attached hydrogens (primary N) is 1. The van der Waals surface area contributed by atoms with Gasteiger partial charge in [0.1, 0.15) is 6.10 Å². The first kappa shape index (κ1) is 12.8. The van der Waals surface area contributed by atoms with Gasteiger partial charge in [-0.2, -0.15) is 0 Å². The van der Waals surface area contributed by atoms with Gasteiger partial charge in [-0.1, -0.05) is 13.8 Å². The largest absolute Gasteiger partial charge is 0.364 e. The van der Waals surface area contributed by atoms with Gasteiger partial charge >= 0.3 is 0 Å². The number of hydrogen-bond donors (Lipinski definition) is 2. The van der Waals surface area contributed by atoms with E-state index in [2.05, 4.69) is 19.2 Å². The van der Waals surface area contributed by atoms with Crippen molar-refractivity contribution in [3.05, 3.63) is 0 Å². The van der Waals surface area contributed by atoms with Crippen LogP contribution < -0.4 is 11.1 Å². The Bertz CT molecular complexity index is 283. The molecule has 98 valence electrons. The van der Waals surface area contributed by atoms with Crippen molar-refractivity contribution in [2.24, 2.45) is 17.6 Å². The van der Waals surface area contributed by atoms with E-state index in [0.29, 0.717) is 24.4 Å². The van der Waals surface area contributed by atoms with E-state index in [9.17, 15) is 4.79 Å². The van der Waals surface area contributed by atoms with Crippen molar-refractivity contribution in [2.75, 3.05) is 6.54 Å². The van der Waals surface area contributed by atoms with Crippen LogP contribution in [0.4, 0.5) is 0 Å². The second kappa shape index (κ2) is 5.36. The van der Waals surface area contributed by atoms with Crippen molar-refractivity contribution in [3.63, 3.8) is 0 Å². The fourth-order valence-corrected chi connectivity index (χ4v) is 2.92. The van der Waals surface area contributed by atoms with E-state index >= 15 is 0 Å². The number of amides is 1. The van der Waals surface area contributed by atoms with Crippen LogP contribution >= 0.6 is 0 Å². The molecule has 0 aromatic carbocycles. The lowest BCUT2D eigenvalue weighted by molar-refractivity contribution is -0.132. The zero-order valence-electron chi connectivity index (χ0n) is 10.8. The lowest BCUT2D eigenvalue weighted by atomic mass is 9.97. The Hall–Kier alpha value is -0.610. The molecular weight excluding hydrogens is 216 g/mol. The molecule has 5 unspecified atom stereocenters. The molecule has 5 atom stereocenters. The molecule has 0 bridgehead atoms. The van der Waals surface area contributed by atoms with Crippen molar-refractivity contribution >= 4 is 5.91 Å². The molecule has 17 heavy (non-hydrogen) atoms. The van der Waals surface area contributed by atoms with Crippen LogP contribution in [0.25, 0.3) is 0 Å². The van der Waals surface area contributed by atoms with Gasteiger partial charge in [0, 0.05) is 12.6 Å². The lowest BCUT2D eigenvalue weighted by Gasteiger charge is -2.21. The highest BCUT2D eigenvalue weighted by molar-refractivity contribution is 5.81. The summed E-state index contributed by atoms with van der Waals surface area (Å²) in [5.41, 5.74) is 5.54. The maximum atomic E-state index is 12.0. The molecule has 4 nitrogen and oxygen atoms in total. The van der Waals surface area contributed by atoms with Gasteiger partial charge in [0.15, 0.2) is 0 Å². The highest BCUT2D eigenvalue weighted by Crippen LogP contribution is 2.31. The van der Waals surface area contributed by atoms with Crippen LogP contribution in [0, 0.1) is 11.8 Å². The minimum absolute atomic E-state index is 0.0619. The van der Waals surface area contributed by atoms with Gasteiger partial charge in [0.2, 0.25) is 5.91 Å². The molecule has 1 aliphatic carbocycles. The van der Waals surface area contributed by atoms with Crippen molar-refractivity contribution < 1.29 is 9.53 Å². The SMILES string of the molecule is CC1CCC(NC(=O)C2CCC(CN)O2)C1C. The third kappa shape index (κ3) is 2.80. The van der Waals surface area contributed by atoms with E-state index < -0.39 is 0 Å². The molecule has 2 fully saturated rings. The Labute approximate surface area is 103 Å². The topological polar surface area (TPSA) is 64.4 Å². The third-order valence-corrected chi connectivity index (χ3v) is 4.46. The Morgan fingerprint density at radius 1 is 1.29 bits per heavy atom. The first-order chi connectivity index (χ1) is 8.11. The first-order valence-corrected chi connectivity index (χ1v) is 6.77. The Kier molecular flexibility index (Phi) is 4.05. The molecule has 1 amide bonds. The summed E-state index contributed by atoms with van der Waals surface area (Å²) >= 11 is 0. The molecule has 0 aromatic heterocycles. The predicted molar refractivity (Wildman–Crippen MR) is 66.4 cm³/mol. The summed E-state index contributed by atoms with van der Waals surface area (Å²) < 4.78 is 5.61. The molecular formula is C13H24N2O2. The zero-order chi connectivity index (χ0) is 12.4. The highest BCUT2D eigenvalue weighted by atomic mass is 16.5. The standard InChI is InChI=1S/C13H24N2O2/c1-8-3-5-11(9(8)2)15-13(16)12-6-4-10(7-14)17-12/h8-12H,3-7,14H2,1-2H3,(H,15,16). The summed E-state index contributed by atoms with van der Waals surface area (Å²) in [6.45, 7) is 4.99. The van der Waals surface area contributed by atoms with Crippen LogP contribution in [-0.2, 0) is 9.53 Å². The quantitative estimate of drug-likeness (QED) is 0.775. The van der Waals surface area contributed by atoms with Crippen LogP contribution in [0.15, 0.2) is 0 Å². The van der Waals surface area contributed by atoms with Gasteiger partial charge in [-0.05, 0) is 37.5 Å². The number of carbonyl (C=O) groups excluding carboxylic acids is 1. The van der Waals surface area contributed by atoms with Gasteiger partial charge in [-0.15, -0.1) is 0 Å². The third-order valence-electron chi connectivity index (χ3n) is 4.46. The van der Waals surface area contributed by atoms with Crippen molar-refractivity contribution in [2.45, 2.75) is 57.8 Å². The maximum absolute atomic E-state index is 12.0. The molecule has 3 N–H and O–H groups in total. The molecule has 0 aromatic rings. The number of ether oxygens (including phenoxy) is 1. The Morgan fingerprint density at radius 2 is 2.06 bits per heavy atom. The second-order valence-corrected chi connectivity index (χ2v) is 5.59. The van der Waals surface area contributed by atoms with E-state index in [0.717, 1.165) is 19.3 Å². The van der Waals surface area contributed by atoms with E-state index in [1.54, 1.807) is 0 Å².